The minimum absolute atomic E-state index is 0.0626. The third-order valence-electron chi connectivity index (χ3n) is 5.79. The highest BCUT2D eigenvalue weighted by atomic mass is 16.3. The van der Waals surface area contributed by atoms with E-state index in [9.17, 15) is 14.4 Å². The Morgan fingerprint density at radius 2 is 1.78 bits per heavy atom. The summed E-state index contributed by atoms with van der Waals surface area (Å²) in [6.45, 7) is 4.36. The van der Waals surface area contributed by atoms with E-state index in [1.807, 2.05) is 13.0 Å². The molecule has 0 radical (unpaired) electrons. The fraction of sp³-hybridized carbons (Fsp3) is 0.261. The molecule has 1 aromatic carbocycles. The van der Waals surface area contributed by atoms with Gasteiger partial charge in [-0.3, -0.25) is 19.3 Å². The highest BCUT2D eigenvalue weighted by Crippen LogP contribution is 2.26. The number of hydrogen-bond donors (Lipinski definition) is 0. The standard InChI is InChI=1S/C23H21N5O4/c1-15-11-20(25-14-24-15)26-6-8-27(9-7-26)21(29)16-4-5-18-19(12-16)23(31)28(22(18)30)13-17-3-2-10-32-17/h2-5,10-12,14H,6-9,13H2,1H3. The quantitative estimate of drug-likeness (QED) is 0.584. The number of anilines is 1. The second kappa shape index (κ2) is 7.92. The SMILES string of the molecule is Cc1cc(N2CCN(C(=O)c3ccc4c(c3)C(=O)N(Cc3ccco3)C4=O)CC2)ncn1. The summed E-state index contributed by atoms with van der Waals surface area (Å²) in [5.74, 6) is 0.417. The van der Waals surface area contributed by atoms with E-state index in [4.69, 9.17) is 4.42 Å². The van der Waals surface area contributed by atoms with Crippen molar-refractivity contribution in [1.82, 2.24) is 19.8 Å². The van der Waals surface area contributed by atoms with E-state index in [-0.39, 0.29) is 23.9 Å². The molecule has 9 nitrogen and oxygen atoms in total. The fourth-order valence-electron chi connectivity index (χ4n) is 4.06. The van der Waals surface area contributed by atoms with Crippen molar-refractivity contribution in [2.24, 2.45) is 0 Å². The van der Waals surface area contributed by atoms with E-state index in [2.05, 4.69) is 14.9 Å². The van der Waals surface area contributed by atoms with Gasteiger partial charge in [-0.15, -0.1) is 0 Å². The van der Waals surface area contributed by atoms with Crippen molar-refractivity contribution in [3.63, 3.8) is 0 Å². The van der Waals surface area contributed by atoms with Gasteiger partial charge in [0.15, 0.2) is 0 Å². The van der Waals surface area contributed by atoms with Gasteiger partial charge >= 0.3 is 0 Å². The molecule has 0 spiro atoms. The molecule has 1 fully saturated rings. The molecule has 2 aromatic heterocycles. The smallest absolute Gasteiger partial charge is 0.261 e. The van der Waals surface area contributed by atoms with Gasteiger partial charge in [-0.25, -0.2) is 9.97 Å². The zero-order valence-electron chi connectivity index (χ0n) is 17.5. The maximum atomic E-state index is 13.1. The second-order valence-corrected chi connectivity index (χ2v) is 7.83. The predicted octanol–water partition coefficient (Wildman–Crippen LogP) is 2.14. The number of aromatic nitrogens is 2. The van der Waals surface area contributed by atoms with Crippen molar-refractivity contribution < 1.29 is 18.8 Å². The molecule has 0 bridgehead atoms. The van der Waals surface area contributed by atoms with Gasteiger partial charge in [0, 0.05) is 43.5 Å². The molecule has 0 unspecified atom stereocenters. The number of amides is 3. The number of piperazine rings is 1. The minimum Gasteiger partial charge on any atom is -0.467 e. The van der Waals surface area contributed by atoms with E-state index in [1.165, 1.54) is 12.3 Å². The van der Waals surface area contributed by atoms with E-state index in [0.717, 1.165) is 16.4 Å². The van der Waals surface area contributed by atoms with Crippen LogP contribution in [0.4, 0.5) is 5.82 Å². The number of benzene rings is 1. The topological polar surface area (TPSA) is 99.9 Å². The van der Waals surface area contributed by atoms with Crippen LogP contribution < -0.4 is 4.90 Å². The molecule has 5 rings (SSSR count). The van der Waals surface area contributed by atoms with Gasteiger partial charge in [0.05, 0.1) is 23.9 Å². The zero-order chi connectivity index (χ0) is 22.2. The van der Waals surface area contributed by atoms with Crippen LogP contribution in [0.5, 0.6) is 0 Å². The van der Waals surface area contributed by atoms with Crippen LogP contribution in [-0.4, -0.2) is 63.7 Å². The largest absolute Gasteiger partial charge is 0.467 e. The van der Waals surface area contributed by atoms with E-state index >= 15 is 0 Å². The first-order valence-electron chi connectivity index (χ1n) is 10.4. The van der Waals surface area contributed by atoms with Crippen molar-refractivity contribution in [3.8, 4) is 0 Å². The first kappa shape index (κ1) is 19.9. The van der Waals surface area contributed by atoms with Crippen LogP contribution in [0, 0.1) is 6.92 Å². The monoisotopic (exact) mass is 431 g/mol. The summed E-state index contributed by atoms with van der Waals surface area (Å²) < 4.78 is 5.26. The molecule has 2 aliphatic heterocycles. The Morgan fingerprint density at radius 3 is 2.50 bits per heavy atom. The van der Waals surface area contributed by atoms with Gasteiger partial charge in [-0.2, -0.15) is 0 Å². The number of nitrogens with zero attached hydrogens (tertiary/aromatic N) is 5. The number of carbonyl (C=O) groups excluding carboxylic acids is 3. The number of rotatable bonds is 4. The van der Waals surface area contributed by atoms with Crippen molar-refractivity contribution in [2.75, 3.05) is 31.1 Å². The lowest BCUT2D eigenvalue weighted by Gasteiger charge is -2.35. The van der Waals surface area contributed by atoms with Crippen molar-refractivity contribution in [1.29, 1.82) is 0 Å². The molecule has 4 heterocycles. The number of carbonyl (C=O) groups is 3. The van der Waals surface area contributed by atoms with E-state index < -0.39 is 5.91 Å². The summed E-state index contributed by atoms with van der Waals surface area (Å²) in [5, 5.41) is 0. The average molecular weight is 431 g/mol. The summed E-state index contributed by atoms with van der Waals surface area (Å²) in [5.41, 5.74) is 1.85. The van der Waals surface area contributed by atoms with Crippen LogP contribution in [0.3, 0.4) is 0 Å². The summed E-state index contributed by atoms with van der Waals surface area (Å²) in [6, 6.07) is 10.0. The summed E-state index contributed by atoms with van der Waals surface area (Å²) in [4.78, 5) is 52.0. The molecule has 32 heavy (non-hydrogen) atoms. The molecule has 1 saturated heterocycles. The Hall–Kier alpha value is -4.01. The molecule has 2 aliphatic rings. The number of hydrogen-bond acceptors (Lipinski definition) is 7. The van der Waals surface area contributed by atoms with E-state index in [0.29, 0.717) is 43.1 Å². The van der Waals surface area contributed by atoms with Gasteiger partial charge in [-0.05, 0) is 37.3 Å². The van der Waals surface area contributed by atoms with Gasteiger partial charge in [0.1, 0.15) is 17.9 Å². The maximum absolute atomic E-state index is 13.1. The Balaban J connectivity index is 1.29. The van der Waals surface area contributed by atoms with Crippen LogP contribution in [0.25, 0.3) is 0 Å². The average Bonchev–Trinajstić information content (AvgIpc) is 3.41. The fourth-order valence-corrected chi connectivity index (χ4v) is 4.06. The normalized spacial score (nSPS) is 16.0. The molecule has 0 N–H and O–H groups in total. The Kier molecular flexibility index (Phi) is 4.93. The predicted molar refractivity (Wildman–Crippen MR) is 114 cm³/mol. The molecule has 0 atom stereocenters. The number of aryl methyl sites for hydroxylation is 1. The van der Waals surface area contributed by atoms with Crippen molar-refractivity contribution >= 4 is 23.5 Å². The van der Waals surface area contributed by atoms with Crippen LogP contribution in [0.15, 0.2) is 53.4 Å². The molecule has 162 valence electrons. The molecule has 0 aliphatic carbocycles. The van der Waals surface area contributed by atoms with Gasteiger partial charge < -0.3 is 14.2 Å². The number of fused-ring (bicyclic) bond motifs is 1. The summed E-state index contributed by atoms with van der Waals surface area (Å²) >= 11 is 0. The number of furan rings is 1. The lowest BCUT2D eigenvalue weighted by Crippen LogP contribution is -2.49. The lowest BCUT2D eigenvalue weighted by molar-refractivity contribution is 0.0631. The zero-order valence-corrected chi connectivity index (χ0v) is 17.5. The molecule has 3 aromatic rings. The minimum atomic E-state index is -0.417. The molecule has 3 amide bonds. The maximum Gasteiger partial charge on any atom is 0.261 e. The van der Waals surface area contributed by atoms with Gasteiger partial charge in [-0.1, -0.05) is 0 Å². The molecular formula is C23H21N5O4. The van der Waals surface area contributed by atoms with Crippen LogP contribution >= 0.6 is 0 Å². The Morgan fingerprint density at radius 1 is 1.00 bits per heavy atom. The third kappa shape index (κ3) is 3.51. The van der Waals surface area contributed by atoms with Crippen molar-refractivity contribution in [2.45, 2.75) is 13.5 Å². The second-order valence-electron chi connectivity index (χ2n) is 7.83. The lowest BCUT2D eigenvalue weighted by atomic mass is 10.0. The van der Waals surface area contributed by atoms with Gasteiger partial charge in [0.25, 0.3) is 17.7 Å². The Labute approximate surface area is 184 Å². The van der Waals surface area contributed by atoms with Gasteiger partial charge in [0.2, 0.25) is 0 Å². The summed E-state index contributed by atoms with van der Waals surface area (Å²) in [6.07, 6.45) is 3.04. The van der Waals surface area contributed by atoms with Crippen molar-refractivity contribution in [3.05, 3.63) is 77.1 Å². The Bertz CT molecular complexity index is 1200. The molecular weight excluding hydrogens is 410 g/mol. The highest BCUT2D eigenvalue weighted by molar-refractivity contribution is 6.22. The van der Waals surface area contributed by atoms with Crippen LogP contribution in [0.1, 0.15) is 42.5 Å². The number of imide groups is 1. The third-order valence-corrected chi connectivity index (χ3v) is 5.79. The highest BCUT2D eigenvalue weighted by Gasteiger charge is 2.37. The first-order chi connectivity index (χ1) is 15.5. The molecule has 9 heteroatoms. The van der Waals surface area contributed by atoms with Crippen LogP contribution in [0.2, 0.25) is 0 Å². The summed E-state index contributed by atoms with van der Waals surface area (Å²) in [7, 11) is 0. The first-order valence-corrected chi connectivity index (χ1v) is 10.4. The van der Waals surface area contributed by atoms with Crippen LogP contribution in [-0.2, 0) is 6.54 Å². The molecule has 0 saturated carbocycles. The van der Waals surface area contributed by atoms with E-state index in [1.54, 1.807) is 35.5 Å².